The first-order valence-corrected chi connectivity index (χ1v) is 11.8. The normalized spacial score (nSPS) is 24.5. The lowest BCUT2D eigenvalue weighted by molar-refractivity contribution is -0.890. The number of carbonyl (C=O) groups is 2. The van der Waals surface area contributed by atoms with E-state index in [0.717, 1.165) is 32.1 Å². The van der Waals surface area contributed by atoms with E-state index in [2.05, 4.69) is 15.3 Å². The molecule has 1 amide bonds. The van der Waals surface area contributed by atoms with Crippen molar-refractivity contribution < 1.29 is 40.9 Å². The van der Waals surface area contributed by atoms with Crippen molar-refractivity contribution in [3.8, 4) is 0 Å². The van der Waals surface area contributed by atoms with Crippen LogP contribution in [0.2, 0.25) is 0 Å². The van der Waals surface area contributed by atoms with Crippen LogP contribution in [0.3, 0.4) is 0 Å². The van der Waals surface area contributed by atoms with Gasteiger partial charge in [-0.2, -0.15) is 0 Å². The summed E-state index contributed by atoms with van der Waals surface area (Å²) in [5.74, 6) is -0.464. The predicted molar refractivity (Wildman–Crippen MR) is 123 cm³/mol. The van der Waals surface area contributed by atoms with E-state index in [1.165, 1.54) is 12.4 Å². The van der Waals surface area contributed by atoms with Gasteiger partial charge in [-0.3, -0.25) is 9.78 Å². The third-order valence-corrected chi connectivity index (χ3v) is 6.99. The van der Waals surface area contributed by atoms with Gasteiger partial charge in [-0.25, -0.2) is 9.78 Å². The molecule has 0 spiro atoms. The summed E-state index contributed by atoms with van der Waals surface area (Å²) in [5.41, 5.74) is -1.04. The molecule has 1 aromatic carbocycles. The molecule has 1 saturated heterocycles. The Balaban J connectivity index is 0.00000324. The molecule has 1 aromatic heterocycles. The van der Waals surface area contributed by atoms with Gasteiger partial charge in [0.05, 0.1) is 19.8 Å². The average molecular weight is 533 g/mol. The van der Waals surface area contributed by atoms with Crippen LogP contribution in [0.15, 0.2) is 48.9 Å². The number of quaternary nitrogens is 1. The average Bonchev–Trinajstić information content (AvgIpc) is 3.19. The second-order valence-corrected chi connectivity index (χ2v) is 9.61. The molecule has 2 aromatic rings. The Morgan fingerprint density at radius 1 is 1.15 bits per heavy atom. The number of benzene rings is 1. The molecule has 3 atom stereocenters. The van der Waals surface area contributed by atoms with Gasteiger partial charge < -0.3 is 36.6 Å². The monoisotopic (exact) mass is 532 g/mol. The summed E-state index contributed by atoms with van der Waals surface area (Å²) in [5, 5.41) is 14.5. The number of nitrogens with zero attached hydrogens (tertiary/aromatic N) is 3. The van der Waals surface area contributed by atoms with E-state index in [-0.39, 0.29) is 41.5 Å². The van der Waals surface area contributed by atoms with E-state index in [4.69, 9.17) is 4.74 Å². The van der Waals surface area contributed by atoms with Crippen molar-refractivity contribution in [3.05, 3.63) is 54.5 Å². The van der Waals surface area contributed by atoms with E-state index >= 15 is 0 Å². The number of esters is 1. The predicted octanol–water partition coefficient (Wildman–Crippen LogP) is -0.351. The van der Waals surface area contributed by atoms with Gasteiger partial charge in [-0.1, -0.05) is 49.6 Å². The van der Waals surface area contributed by atoms with Crippen LogP contribution in [0.25, 0.3) is 0 Å². The Labute approximate surface area is 211 Å². The molecule has 0 bridgehead atoms. The number of aromatic nitrogens is 2. The van der Waals surface area contributed by atoms with Gasteiger partial charge in [-0.05, 0) is 18.4 Å². The first kappa shape index (κ1) is 26.2. The lowest BCUT2D eigenvalue weighted by Crippen LogP contribution is -3.00. The maximum absolute atomic E-state index is 13.4. The molecule has 2 fully saturated rings. The second-order valence-electron chi connectivity index (χ2n) is 9.61. The zero-order valence-corrected chi connectivity index (χ0v) is 21.1. The lowest BCUT2D eigenvalue weighted by atomic mass is 9.73. The van der Waals surface area contributed by atoms with Gasteiger partial charge in [0, 0.05) is 24.7 Å². The molecule has 1 aliphatic heterocycles. The number of halogens is 1. The smallest absolute Gasteiger partial charge is 0.343 e. The number of ether oxygens (including phenoxy) is 1. The summed E-state index contributed by atoms with van der Waals surface area (Å²) in [6.07, 6.45) is 9.64. The zero-order valence-electron chi connectivity index (χ0n) is 19.5. The number of likely N-dealkylation sites (tertiary alicyclic amines) is 1. The highest BCUT2D eigenvalue weighted by atomic mass is 79.9. The number of anilines is 1. The molecule has 0 radical (unpaired) electrons. The third kappa shape index (κ3) is 6.00. The minimum absolute atomic E-state index is 0. The topological polar surface area (TPSA) is 101 Å². The SMILES string of the molecule is C[N+]1(CC(=O)Nc2cnccn2)CC[C@@H](OC(=O)C(O)(c2ccccc2)C2CCCCC2)C1.[Br-]. The summed E-state index contributed by atoms with van der Waals surface area (Å²) >= 11 is 0. The molecule has 1 aliphatic carbocycles. The van der Waals surface area contributed by atoms with Gasteiger partial charge in [0.2, 0.25) is 0 Å². The number of rotatable bonds is 7. The van der Waals surface area contributed by atoms with E-state index < -0.39 is 11.6 Å². The third-order valence-electron chi connectivity index (χ3n) is 6.99. The summed E-state index contributed by atoms with van der Waals surface area (Å²) in [6, 6.07) is 9.18. The van der Waals surface area contributed by atoms with Crippen LogP contribution in [0.4, 0.5) is 5.82 Å². The molecule has 9 heteroatoms. The van der Waals surface area contributed by atoms with Crippen molar-refractivity contribution in [2.45, 2.75) is 50.2 Å². The van der Waals surface area contributed by atoms with Crippen molar-refractivity contribution in [2.24, 2.45) is 5.92 Å². The zero-order chi connectivity index (χ0) is 23.3. The summed E-state index contributed by atoms with van der Waals surface area (Å²) in [7, 11) is 1.98. The summed E-state index contributed by atoms with van der Waals surface area (Å²) < 4.78 is 6.38. The Morgan fingerprint density at radius 2 is 1.88 bits per heavy atom. The number of hydrogen-bond acceptors (Lipinski definition) is 6. The molecular weight excluding hydrogens is 500 g/mol. The quantitative estimate of drug-likeness (QED) is 0.373. The Morgan fingerprint density at radius 3 is 2.56 bits per heavy atom. The summed E-state index contributed by atoms with van der Waals surface area (Å²) in [4.78, 5) is 34.0. The van der Waals surface area contributed by atoms with E-state index in [1.807, 2.05) is 37.4 Å². The maximum Gasteiger partial charge on any atom is 0.343 e. The second kappa shape index (κ2) is 11.4. The molecule has 8 nitrogen and oxygen atoms in total. The van der Waals surface area contributed by atoms with Crippen LogP contribution in [0.1, 0.15) is 44.1 Å². The summed E-state index contributed by atoms with van der Waals surface area (Å²) in [6.45, 7) is 1.48. The largest absolute Gasteiger partial charge is 1.00 e. The number of amides is 1. The van der Waals surface area contributed by atoms with Crippen molar-refractivity contribution in [2.75, 3.05) is 32.0 Å². The fourth-order valence-corrected chi connectivity index (χ4v) is 5.24. The fraction of sp³-hybridized carbons (Fsp3) is 0.520. The van der Waals surface area contributed by atoms with Crippen LogP contribution in [0, 0.1) is 5.92 Å². The molecule has 4 rings (SSSR count). The Bertz CT molecular complexity index is 958. The van der Waals surface area contributed by atoms with E-state index in [1.54, 1.807) is 6.20 Å². The molecule has 2 unspecified atom stereocenters. The fourth-order valence-electron chi connectivity index (χ4n) is 5.24. The van der Waals surface area contributed by atoms with Gasteiger partial charge in [0.25, 0.3) is 5.91 Å². The highest BCUT2D eigenvalue weighted by molar-refractivity contribution is 5.90. The molecule has 2 heterocycles. The standard InChI is InChI=1S/C25H32N4O4.BrH/c1-29(18-23(30)28-22-16-26-13-14-27-22)15-12-21(17-29)33-24(31)25(32,19-8-4-2-5-9-19)20-10-6-3-7-11-20;/h2,4-5,8-9,13-14,16,20-21,32H,3,6-7,10-12,15,17-18H2,1H3;1H/t21-,25?,29?;/m1./s1. The van der Waals surface area contributed by atoms with E-state index in [9.17, 15) is 14.7 Å². The van der Waals surface area contributed by atoms with Crippen LogP contribution < -0.4 is 22.3 Å². The molecule has 34 heavy (non-hydrogen) atoms. The molecule has 2 N–H and O–H groups in total. The first-order chi connectivity index (χ1) is 15.9. The Hall–Kier alpha value is -2.36. The van der Waals surface area contributed by atoms with Crippen LogP contribution in [0.5, 0.6) is 0 Å². The van der Waals surface area contributed by atoms with Crippen molar-refractivity contribution in [1.29, 1.82) is 0 Å². The van der Waals surface area contributed by atoms with Crippen LogP contribution in [-0.2, 0) is 19.9 Å². The molecular formula is C25H33BrN4O4. The minimum Gasteiger partial charge on any atom is -1.00 e. The van der Waals surface area contributed by atoms with Crippen LogP contribution in [-0.4, -0.2) is 64.2 Å². The minimum atomic E-state index is -1.64. The molecule has 184 valence electrons. The van der Waals surface area contributed by atoms with Gasteiger partial charge >= 0.3 is 5.97 Å². The highest BCUT2D eigenvalue weighted by Gasteiger charge is 2.49. The van der Waals surface area contributed by atoms with Crippen molar-refractivity contribution in [1.82, 2.24) is 9.97 Å². The molecule has 2 aliphatic rings. The molecule has 1 saturated carbocycles. The number of likely N-dealkylation sites (N-methyl/N-ethyl adjacent to an activating group) is 1. The maximum atomic E-state index is 13.4. The number of nitrogens with one attached hydrogen (secondary N) is 1. The van der Waals surface area contributed by atoms with Gasteiger partial charge in [0.15, 0.2) is 24.1 Å². The van der Waals surface area contributed by atoms with E-state index in [0.29, 0.717) is 35.4 Å². The van der Waals surface area contributed by atoms with Crippen molar-refractivity contribution in [3.63, 3.8) is 0 Å². The highest BCUT2D eigenvalue weighted by Crippen LogP contribution is 2.41. The lowest BCUT2D eigenvalue weighted by Gasteiger charge is -2.37. The van der Waals surface area contributed by atoms with Crippen molar-refractivity contribution >= 4 is 17.7 Å². The van der Waals surface area contributed by atoms with Gasteiger partial charge in [-0.15, -0.1) is 0 Å². The number of carbonyl (C=O) groups excluding carboxylic acids is 2. The Kier molecular flexibility index (Phi) is 8.78. The number of aliphatic hydroxyl groups is 1. The first-order valence-electron chi connectivity index (χ1n) is 11.8. The number of hydrogen-bond donors (Lipinski definition) is 2. The van der Waals surface area contributed by atoms with Crippen LogP contribution >= 0.6 is 0 Å². The van der Waals surface area contributed by atoms with Gasteiger partial charge in [0.1, 0.15) is 6.54 Å².